The van der Waals surface area contributed by atoms with Gasteiger partial charge in [0.2, 0.25) is 0 Å². The van der Waals surface area contributed by atoms with Crippen LogP contribution < -0.4 is 0 Å². The fraction of sp³-hybridized carbons (Fsp3) is 0.556. The molecule has 0 aliphatic carbocycles. The van der Waals surface area contributed by atoms with Crippen LogP contribution in [-0.4, -0.2) is 0 Å². The van der Waals surface area contributed by atoms with E-state index in [2.05, 4.69) is 20.4 Å². The molecule has 0 aliphatic rings. The predicted molar refractivity (Wildman–Crippen MR) is 42.9 cm³/mol. The molecule has 0 fully saturated rings. The Morgan fingerprint density at radius 1 is 1.33 bits per heavy atom. The third-order valence-electron chi connectivity index (χ3n) is 1.28. The van der Waals surface area contributed by atoms with Crippen LogP contribution in [0.2, 0.25) is 0 Å². The first-order valence-corrected chi connectivity index (χ1v) is 3.56. The smallest absolute Gasteiger partial charge is 0.0964 e. The van der Waals surface area contributed by atoms with Crippen molar-refractivity contribution >= 4 is 0 Å². The van der Waals surface area contributed by atoms with E-state index in [1.165, 1.54) is 19.3 Å². The molecule has 0 bridgehead atoms. The molecule has 0 heteroatoms. The molecule has 0 atom stereocenters. The largest absolute Gasteiger partial charge is 0.343 e. The molecule has 0 spiro atoms. The van der Waals surface area contributed by atoms with E-state index >= 15 is 0 Å². The first kappa shape index (κ1) is 8.61. The van der Waals surface area contributed by atoms with Crippen molar-refractivity contribution in [3.63, 3.8) is 0 Å². The Morgan fingerprint density at radius 2 is 2.00 bits per heavy atom. The molecule has 52 valence electrons. The van der Waals surface area contributed by atoms with Crippen LogP contribution in [0, 0.1) is 13.8 Å². The summed E-state index contributed by atoms with van der Waals surface area (Å²) in [4.78, 5) is 0. The van der Waals surface area contributed by atoms with Crippen molar-refractivity contribution in [2.45, 2.75) is 32.1 Å². The van der Waals surface area contributed by atoms with E-state index in [-0.39, 0.29) is 0 Å². The Hall–Kier alpha value is -0.390. The molecule has 0 radical (unpaired) electrons. The van der Waals surface area contributed by atoms with Crippen LogP contribution in [0.1, 0.15) is 32.1 Å². The maximum absolute atomic E-state index is 3.76. The van der Waals surface area contributed by atoms with Crippen molar-refractivity contribution < 1.29 is 0 Å². The SMILES string of the molecule is C=C([CH2+])CCCCC[CH2-]. The number of rotatable bonds is 5. The fourth-order valence-corrected chi connectivity index (χ4v) is 0.729. The summed E-state index contributed by atoms with van der Waals surface area (Å²) < 4.78 is 0. The second-order valence-corrected chi connectivity index (χ2v) is 2.41. The zero-order valence-corrected chi connectivity index (χ0v) is 6.16. The number of unbranched alkanes of at least 4 members (excludes halogenated alkanes) is 3. The lowest BCUT2D eigenvalue weighted by atomic mass is 10.1. The van der Waals surface area contributed by atoms with E-state index in [0.29, 0.717) is 0 Å². The highest BCUT2D eigenvalue weighted by Gasteiger charge is 1.90. The number of hydrogen-bond acceptors (Lipinski definition) is 0. The minimum atomic E-state index is 1.05. The normalized spacial score (nSPS) is 9.44. The van der Waals surface area contributed by atoms with Crippen molar-refractivity contribution in [1.82, 2.24) is 0 Å². The Labute approximate surface area is 59.0 Å². The molecule has 0 amide bonds. The summed E-state index contributed by atoms with van der Waals surface area (Å²) in [7, 11) is 0. The molecule has 0 aromatic rings. The van der Waals surface area contributed by atoms with Crippen molar-refractivity contribution in [2.24, 2.45) is 0 Å². The van der Waals surface area contributed by atoms with Gasteiger partial charge in [-0.25, -0.2) is 0 Å². The lowest BCUT2D eigenvalue weighted by molar-refractivity contribution is 0.688. The zero-order valence-electron chi connectivity index (χ0n) is 6.16. The molecule has 0 aliphatic heterocycles. The van der Waals surface area contributed by atoms with Gasteiger partial charge in [0.1, 0.15) is 0 Å². The first-order valence-electron chi connectivity index (χ1n) is 3.56. The lowest BCUT2D eigenvalue weighted by Crippen LogP contribution is -1.77. The molecular weight excluding hydrogens is 108 g/mol. The number of hydrogen-bond donors (Lipinski definition) is 0. The standard InChI is InChI=1S/C9H16/c1-4-5-6-7-8-9(2)3/h1-8H2. The van der Waals surface area contributed by atoms with Crippen molar-refractivity contribution in [3.8, 4) is 0 Å². The molecule has 9 heavy (non-hydrogen) atoms. The van der Waals surface area contributed by atoms with Crippen molar-refractivity contribution in [1.29, 1.82) is 0 Å². The average Bonchev–Trinajstić information content (AvgIpc) is 1.80. The van der Waals surface area contributed by atoms with E-state index in [4.69, 9.17) is 0 Å². The number of allylic oxidation sites excluding steroid dienone is 1. The van der Waals surface area contributed by atoms with Crippen LogP contribution in [0.15, 0.2) is 12.2 Å². The van der Waals surface area contributed by atoms with Gasteiger partial charge in [-0.05, 0) is 6.42 Å². The summed E-state index contributed by atoms with van der Waals surface area (Å²) >= 11 is 0. The summed E-state index contributed by atoms with van der Waals surface area (Å²) in [5.74, 6) is 0. The fourth-order valence-electron chi connectivity index (χ4n) is 0.729. The molecule has 0 unspecified atom stereocenters. The van der Waals surface area contributed by atoms with Crippen molar-refractivity contribution in [3.05, 3.63) is 26.0 Å². The highest BCUT2D eigenvalue weighted by molar-refractivity contribution is 4.96. The Bertz CT molecular complexity index is 72.1. The summed E-state index contributed by atoms with van der Waals surface area (Å²) in [6.07, 6.45) is 5.90. The van der Waals surface area contributed by atoms with Gasteiger partial charge in [-0.2, -0.15) is 6.42 Å². The van der Waals surface area contributed by atoms with E-state index in [1.807, 2.05) is 0 Å². The van der Waals surface area contributed by atoms with Gasteiger partial charge in [-0.15, -0.1) is 0 Å². The third-order valence-corrected chi connectivity index (χ3v) is 1.28. The topological polar surface area (TPSA) is 0 Å². The zero-order chi connectivity index (χ0) is 7.11. The van der Waals surface area contributed by atoms with E-state index in [0.717, 1.165) is 18.4 Å². The van der Waals surface area contributed by atoms with E-state index in [9.17, 15) is 0 Å². The molecule has 0 nitrogen and oxygen atoms in total. The second kappa shape index (κ2) is 5.74. The highest BCUT2D eigenvalue weighted by atomic mass is 13.9. The Balaban J connectivity index is 2.83. The predicted octanol–water partition coefficient (Wildman–Crippen LogP) is 3.16. The second-order valence-electron chi connectivity index (χ2n) is 2.41. The average molecular weight is 124 g/mol. The van der Waals surface area contributed by atoms with Gasteiger partial charge in [-0.1, -0.05) is 12.8 Å². The molecule has 0 heterocycles. The molecule has 0 saturated heterocycles. The third kappa shape index (κ3) is 7.61. The Morgan fingerprint density at radius 3 is 2.44 bits per heavy atom. The molecule has 0 aromatic heterocycles. The van der Waals surface area contributed by atoms with Gasteiger partial charge in [0.05, 0.1) is 5.57 Å². The molecule has 0 rings (SSSR count). The summed E-state index contributed by atoms with van der Waals surface area (Å²) in [5.41, 5.74) is 1.05. The molecular formula is C9H16. The molecule has 0 saturated carbocycles. The minimum Gasteiger partial charge on any atom is -0.343 e. The summed E-state index contributed by atoms with van der Waals surface area (Å²) in [6, 6.07) is 0. The van der Waals surface area contributed by atoms with Gasteiger partial charge >= 0.3 is 0 Å². The Kier molecular flexibility index (Phi) is 5.49. The van der Waals surface area contributed by atoms with Crippen LogP contribution in [0.4, 0.5) is 0 Å². The molecule has 0 N–H and O–H groups in total. The monoisotopic (exact) mass is 124 g/mol. The van der Waals surface area contributed by atoms with E-state index < -0.39 is 0 Å². The first-order chi connectivity index (χ1) is 4.27. The maximum Gasteiger partial charge on any atom is 0.0964 e. The van der Waals surface area contributed by atoms with Crippen LogP contribution in [0.25, 0.3) is 0 Å². The quantitative estimate of drug-likeness (QED) is 0.390. The van der Waals surface area contributed by atoms with E-state index in [1.54, 1.807) is 0 Å². The summed E-state index contributed by atoms with van der Waals surface area (Å²) in [5, 5.41) is 0. The minimum absolute atomic E-state index is 1.05. The van der Waals surface area contributed by atoms with Gasteiger partial charge in [0, 0.05) is 19.9 Å². The van der Waals surface area contributed by atoms with Gasteiger partial charge in [0.15, 0.2) is 0 Å². The van der Waals surface area contributed by atoms with Crippen LogP contribution in [0.3, 0.4) is 0 Å². The van der Waals surface area contributed by atoms with Gasteiger partial charge in [0.25, 0.3) is 0 Å². The van der Waals surface area contributed by atoms with Crippen LogP contribution >= 0.6 is 0 Å². The van der Waals surface area contributed by atoms with Gasteiger partial charge < -0.3 is 6.92 Å². The lowest BCUT2D eigenvalue weighted by Gasteiger charge is -1.96. The summed E-state index contributed by atoms with van der Waals surface area (Å²) in [6.45, 7) is 11.2. The van der Waals surface area contributed by atoms with Crippen molar-refractivity contribution in [2.75, 3.05) is 0 Å². The highest BCUT2D eigenvalue weighted by Crippen LogP contribution is 2.06. The van der Waals surface area contributed by atoms with Gasteiger partial charge in [-0.3, -0.25) is 0 Å². The van der Waals surface area contributed by atoms with Crippen LogP contribution in [0.5, 0.6) is 0 Å². The van der Waals surface area contributed by atoms with Crippen LogP contribution in [-0.2, 0) is 0 Å². The maximum atomic E-state index is 3.76. The molecule has 0 aromatic carbocycles.